The first-order valence-corrected chi connectivity index (χ1v) is 11.6. The average molecular weight is 455 g/mol. The van der Waals surface area contributed by atoms with Crippen molar-refractivity contribution in [1.82, 2.24) is 0 Å². The van der Waals surface area contributed by atoms with E-state index in [9.17, 15) is 17.8 Å². The van der Waals surface area contributed by atoms with Crippen LogP contribution in [-0.4, -0.2) is 18.8 Å². The van der Waals surface area contributed by atoms with E-state index in [1.54, 1.807) is 24.3 Å². The summed E-state index contributed by atoms with van der Waals surface area (Å²) in [5.74, 6) is -0.0208. The highest BCUT2D eigenvalue weighted by molar-refractivity contribution is 7.81. The van der Waals surface area contributed by atoms with Gasteiger partial charge in [-0.15, -0.1) is 0 Å². The average Bonchev–Trinajstić information content (AvgIpc) is 2.82. The van der Waals surface area contributed by atoms with Crippen molar-refractivity contribution in [2.24, 2.45) is 0 Å². The quantitative estimate of drug-likeness (QED) is 0.398. The number of ketones is 1. The van der Waals surface area contributed by atoms with Crippen LogP contribution in [0.15, 0.2) is 103 Å². The summed E-state index contributed by atoms with van der Waals surface area (Å²) >= 11 is 0. The molecule has 33 heavy (non-hydrogen) atoms. The van der Waals surface area contributed by atoms with Crippen molar-refractivity contribution in [3.05, 3.63) is 125 Å². The molecule has 1 aliphatic carbocycles. The van der Waals surface area contributed by atoms with Crippen molar-refractivity contribution < 1.29 is 21.9 Å². The Morgan fingerprint density at radius 1 is 0.697 bits per heavy atom. The Morgan fingerprint density at radius 3 is 2.06 bits per heavy atom. The molecule has 0 radical (unpaired) electrons. The smallest absolute Gasteiger partial charge is 0.361 e. The Balaban J connectivity index is 1.87. The first kappa shape index (κ1) is 20.9. The lowest BCUT2D eigenvalue weighted by Gasteiger charge is -2.21. The second-order valence-corrected chi connectivity index (χ2v) is 8.59. The van der Waals surface area contributed by atoms with Gasteiger partial charge >= 0.3 is 10.4 Å². The predicted molar refractivity (Wildman–Crippen MR) is 128 cm³/mol. The van der Waals surface area contributed by atoms with E-state index in [2.05, 4.69) is 0 Å². The van der Waals surface area contributed by atoms with Gasteiger partial charge in [0, 0.05) is 10.9 Å². The molecule has 0 atom stereocenters. The second-order valence-electron chi connectivity index (χ2n) is 7.57. The zero-order valence-electron chi connectivity index (χ0n) is 17.3. The van der Waals surface area contributed by atoms with Crippen LogP contribution in [0, 0.1) is 0 Å². The van der Waals surface area contributed by atoms with Crippen molar-refractivity contribution >= 4 is 38.1 Å². The Morgan fingerprint density at radius 2 is 1.33 bits per heavy atom. The van der Waals surface area contributed by atoms with E-state index in [-0.39, 0.29) is 11.5 Å². The molecule has 1 aliphatic rings. The third-order valence-electron chi connectivity index (χ3n) is 5.56. The lowest BCUT2D eigenvalue weighted by molar-refractivity contribution is 0.104. The summed E-state index contributed by atoms with van der Waals surface area (Å²) in [5, 5.41) is 1.28. The molecule has 5 rings (SSSR count). The van der Waals surface area contributed by atoms with Gasteiger partial charge in [0.05, 0.1) is 0 Å². The molecule has 0 unspecified atom stereocenters. The molecular formula is C27H18O5S. The van der Waals surface area contributed by atoms with Gasteiger partial charge in [-0.3, -0.25) is 9.35 Å². The van der Waals surface area contributed by atoms with E-state index in [0.717, 1.165) is 33.2 Å². The summed E-state index contributed by atoms with van der Waals surface area (Å²) in [6.45, 7) is 0. The summed E-state index contributed by atoms with van der Waals surface area (Å²) in [4.78, 5) is 12.5. The zero-order valence-corrected chi connectivity index (χ0v) is 18.1. The lowest BCUT2D eigenvalue weighted by Crippen LogP contribution is -2.08. The first-order chi connectivity index (χ1) is 15.9. The SMILES string of the molecule is O=C1C=C/C(=C(/c2ccccc2)c2ccc(OS(=O)(=O)O)c3ccccc23)c2ccccc21. The van der Waals surface area contributed by atoms with Crippen LogP contribution in [0.3, 0.4) is 0 Å². The van der Waals surface area contributed by atoms with Gasteiger partial charge in [0.1, 0.15) is 0 Å². The molecule has 4 aromatic rings. The number of allylic oxidation sites excluding steroid dienone is 3. The molecule has 0 amide bonds. The highest BCUT2D eigenvalue weighted by Gasteiger charge is 2.22. The monoisotopic (exact) mass is 454 g/mol. The van der Waals surface area contributed by atoms with E-state index in [1.165, 1.54) is 6.07 Å². The fraction of sp³-hybridized carbons (Fsp3) is 0. The van der Waals surface area contributed by atoms with E-state index >= 15 is 0 Å². The summed E-state index contributed by atoms with van der Waals surface area (Å²) < 4.78 is 36.8. The van der Waals surface area contributed by atoms with E-state index in [4.69, 9.17) is 4.18 Å². The number of rotatable bonds is 4. The van der Waals surface area contributed by atoms with Crippen LogP contribution < -0.4 is 4.18 Å². The van der Waals surface area contributed by atoms with Crippen LogP contribution in [-0.2, 0) is 10.4 Å². The third-order valence-corrected chi connectivity index (χ3v) is 5.95. The predicted octanol–water partition coefficient (Wildman–Crippen LogP) is 5.73. The van der Waals surface area contributed by atoms with Gasteiger partial charge in [-0.25, -0.2) is 0 Å². The number of hydrogen-bond acceptors (Lipinski definition) is 4. The zero-order chi connectivity index (χ0) is 23.0. The van der Waals surface area contributed by atoms with Crippen molar-refractivity contribution in [2.45, 2.75) is 0 Å². The molecule has 0 saturated heterocycles. The topological polar surface area (TPSA) is 80.7 Å². The van der Waals surface area contributed by atoms with Crippen molar-refractivity contribution in [3.63, 3.8) is 0 Å². The molecule has 0 bridgehead atoms. The first-order valence-electron chi connectivity index (χ1n) is 10.2. The van der Waals surface area contributed by atoms with Gasteiger partial charge in [0.2, 0.25) is 0 Å². The Labute approximate surface area is 191 Å². The minimum atomic E-state index is -4.68. The lowest BCUT2D eigenvalue weighted by atomic mass is 9.82. The van der Waals surface area contributed by atoms with Gasteiger partial charge in [0.15, 0.2) is 11.5 Å². The van der Waals surface area contributed by atoms with Crippen LogP contribution in [0.5, 0.6) is 5.75 Å². The molecule has 0 aromatic heterocycles. The van der Waals surface area contributed by atoms with E-state index < -0.39 is 10.4 Å². The van der Waals surface area contributed by atoms with Crippen LogP contribution in [0.4, 0.5) is 0 Å². The molecule has 0 fully saturated rings. The Bertz CT molecular complexity index is 1560. The van der Waals surface area contributed by atoms with Gasteiger partial charge < -0.3 is 4.18 Å². The summed E-state index contributed by atoms with van der Waals surface area (Å²) in [5.41, 5.74) is 5.00. The molecule has 162 valence electrons. The highest BCUT2D eigenvalue weighted by Crippen LogP contribution is 2.41. The summed E-state index contributed by atoms with van der Waals surface area (Å²) in [6, 6.07) is 27.8. The fourth-order valence-electron chi connectivity index (χ4n) is 4.23. The van der Waals surface area contributed by atoms with Crippen molar-refractivity contribution in [2.75, 3.05) is 0 Å². The van der Waals surface area contributed by atoms with Crippen LogP contribution in [0.2, 0.25) is 0 Å². The molecule has 0 aliphatic heterocycles. The molecule has 4 aromatic carbocycles. The maximum absolute atomic E-state index is 12.5. The maximum atomic E-state index is 12.5. The number of hydrogen-bond donors (Lipinski definition) is 1. The molecule has 0 heterocycles. The maximum Gasteiger partial charge on any atom is 0.446 e. The number of benzene rings is 4. The minimum Gasteiger partial charge on any atom is -0.361 e. The molecule has 6 heteroatoms. The molecular weight excluding hydrogens is 436 g/mol. The van der Waals surface area contributed by atoms with Crippen LogP contribution in [0.25, 0.3) is 21.9 Å². The second kappa shape index (κ2) is 8.16. The van der Waals surface area contributed by atoms with Gasteiger partial charge in [-0.1, -0.05) is 78.9 Å². The van der Waals surface area contributed by atoms with Crippen molar-refractivity contribution in [3.8, 4) is 5.75 Å². The number of carbonyl (C=O) groups is 1. The standard InChI is InChI=1S/C27H18O5S/c28-25-16-14-23(19-10-4-6-12-21(19)25)27(18-8-2-1-3-9-18)24-15-17-26(32-33(29,30)31)22-13-7-5-11-20(22)24/h1-17H,(H,29,30,31)/b27-23+. The Kier molecular flexibility index (Phi) is 5.17. The summed E-state index contributed by atoms with van der Waals surface area (Å²) in [6.07, 6.45) is 3.39. The van der Waals surface area contributed by atoms with E-state index in [0.29, 0.717) is 10.9 Å². The largest absolute Gasteiger partial charge is 0.446 e. The number of fused-ring (bicyclic) bond motifs is 2. The number of carbonyl (C=O) groups excluding carboxylic acids is 1. The normalized spacial score (nSPS) is 14.8. The minimum absolute atomic E-state index is 0.0315. The fourth-order valence-corrected chi connectivity index (χ4v) is 4.60. The molecule has 5 nitrogen and oxygen atoms in total. The van der Waals surface area contributed by atoms with Gasteiger partial charge in [-0.05, 0) is 57.5 Å². The van der Waals surface area contributed by atoms with Gasteiger partial charge in [0.25, 0.3) is 0 Å². The third kappa shape index (κ3) is 3.98. The summed E-state index contributed by atoms with van der Waals surface area (Å²) in [7, 11) is -4.68. The highest BCUT2D eigenvalue weighted by atomic mass is 32.3. The van der Waals surface area contributed by atoms with Gasteiger partial charge in [-0.2, -0.15) is 8.42 Å². The Hall–Kier alpha value is -4.00. The molecule has 0 spiro atoms. The molecule has 0 saturated carbocycles. The van der Waals surface area contributed by atoms with Crippen molar-refractivity contribution in [1.29, 1.82) is 0 Å². The van der Waals surface area contributed by atoms with Crippen LogP contribution in [0.1, 0.15) is 27.0 Å². The molecule has 1 N–H and O–H groups in total. The van der Waals surface area contributed by atoms with E-state index in [1.807, 2.05) is 72.8 Å². The van der Waals surface area contributed by atoms with Crippen LogP contribution >= 0.6 is 0 Å².